The highest BCUT2D eigenvalue weighted by molar-refractivity contribution is 5.44. The first kappa shape index (κ1) is 14.3. The van der Waals surface area contributed by atoms with Crippen LogP contribution in [0, 0.1) is 34.3 Å². The first-order valence-corrected chi connectivity index (χ1v) is 6.50. The van der Waals surface area contributed by atoms with Gasteiger partial charge in [0.05, 0.1) is 11.0 Å². The Hall–Kier alpha value is -2.13. The molecule has 0 amide bonds. The Morgan fingerprint density at radius 3 is 2.75 bits per heavy atom. The van der Waals surface area contributed by atoms with Crippen LogP contribution >= 0.6 is 0 Å². The second-order valence-corrected chi connectivity index (χ2v) is 5.10. The number of likely N-dealkylation sites (N-methyl/N-ethyl adjacent to an activating group) is 1. The van der Waals surface area contributed by atoms with E-state index in [1.165, 1.54) is 6.07 Å². The largest absolute Gasteiger partial charge is 0.491 e. The number of ether oxygens (including phenoxy) is 1. The van der Waals surface area contributed by atoms with E-state index in [0.29, 0.717) is 17.2 Å². The average molecular weight is 275 g/mol. The number of rotatable bonds is 6. The molecule has 0 aliphatic heterocycles. The fourth-order valence-electron chi connectivity index (χ4n) is 2.27. The summed E-state index contributed by atoms with van der Waals surface area (Å²) in [6.07, 6.45) is 2.05. The summed E-state index contributed by atoms with van der Waals surface area (Å²) in [6.45, 7) is 1.91. The second-order valence-electron chi connectivity index (χ2n) is 5.10. The lowest BCUT2D eigenvalue weighted by molar-refractivity contribution is -0.385. The van der Waals surface area contributed by atoms with Gasteiger partial charge in [-0.1, -0.05) is 0 Å². The summed E-state index contributed by atoms with van der Waals surface area (Å²) in [5.41, 5.74) is -0.0546. The van der Waals surface area contributed by atoms with E-state index in [0.717, 1.165) is 12.8 Å². The molecule has 0 spiro atoms. The van der Waals surface area contributed by atoms with Crippen molar-refractivity contribution in [2.75, 3.05) is 13.7 Å². The predicted molar refractivity (Wildman–Crippen MR) is 73.5 cm³/mol. The van der Waals surface area contributed by atoms with E-state index < -0.39 is 10.5 Å². The number of nitro groups is 1. The molecule has 1 aromatic carbocycles. The minimum absolute atomic E-state index is 0.0692. The Morgan fingerprint density at radius 2 is 2.30 bits per heavy atom. The SMILES string of the molecule is CNC(C#N)(COc1ccc([N+](=O)[O-])c(C)c1)C1CC1. The minimum Gasteiger partial charge on any atom is -0.491 e. The van der Waals surface area contributed by atoms with Crippen LogP contribution in [-0.4, -0.2) is 24.1 Å². The highest BCUT2D eigenvalue weighted by Gasteiger charge is 2.45. The fourth-order valence-corrected chi connectivity index (χ4v) is 2.27. The monoisotopic (exact) mass is 275 g/mol. The van der Waals surface area contributed by atoms with Crippen molar-refractivity contribution in [1.29, 1.82) is 5.26 Å². The van der Waals surface area contributed by atoms with Crippen LogP contribution in [0.4, 0.5) is 5.69 Å². The van der Waals surface area contributed by atoms with Gasteiger partial charge in [-0.05, 0) is 44.9 Å². The maximum Gasteiger partial charge on any atom is 0.272 e. The van der Waals surface area contributed by atoms with Gasteiger partial charge >= 0.3 is 0 Å². The van der Waals surface area contributed by atoms with Crippen molar-refractivity contribution < 1.29 is 9.66 Å². The lowest BCUT2D eigenvalue weighted by Crippen LogP contribution is -2.49. The zero-order valence-electron chi connectivity index (χ0n) is 11.5. The first-order chi connectivity index (χ1) is 9.52. The van der Waals surface area contributed by atoms with Gasteiger partial charge in [0.1, 0.15) is 17.9 Å². The summed E-state index contributed by atoms with van der Waals surface area (Å²) in [6, 6.07) is 6.92. The quantitative estimate of drug-likeness (QED) is 0.635. The van der Waals surface area contributed by atoms with E-state index in [-0.39, 0.29) is 12.3 Å². The molecule has 1 aliphatic carbocycles. The van der Waals surface area contributed by atoms with Crippen molar-refractivity contribution in [2.24, 2.45) is 5.92 Å². The van der Waals surface area contributed by atoms with Gasteiger partial charge in [-0.3, -0.25) is 15.4 Å². The van der Waals surface area contributed by atoms with E-state index in [4.69, 9.17) is 4.74 Å². The predicted octanol–water partition coefficient (Wildman–Crippen LogP) is 2.17. The third-order valence-corrected chi connectivity index (χ3v) is 3.75. The topological polar surface area (TPSA) is 88.2 Å². The molecule has 1 saturated carbocycles. The fraction of sp³-hybridized carbons (Fsp3) is 0.500. The summed E-state index contributed by atoms with van der Waals surface area (Å²) < 4.78 is 5.66. The highest BCUT2D eigenvalue weighted by Crippen LogP contribution is 2.39. The molecule has 0 saturated heterocycles. The molecule has 1 aromatic rings. The summed E-state index contributed by atoms with van der Waals surface area (Å²) in [5, 5.41) is 23.2. The van der Waals surface area contributed by atoms with Crippen LogP contribution < -0.4 is 10.1 Å². The molecule has 6 heteroatoms. The van der Waals surface area contributed by atoms with Crippen LogP contribution in [0.1, 0.15) is 18.4 Å². The van der Waals surface area contributed by atoms with E-state index in [1.54, 1.807) is 26.1 Å². The van der Waals surface area contributed by atoms with E-state index in [1.807, 2.05) is 0 Å². The lowest BCUT2D eigenvalue weighted by Gasteiger charge is -2.26. The van der Waals surface area contributed by atoms with Gasteiger partial charge in [0.15, 0.2) is 0 Å². The number of hydrogen-bond acceptors (Lipinski definition) is 5. The van der Waals surface area contributed by atoms with E-state index >= 15 is 0 Å². The Balaban J connectivity index is 2.09. The number of hydrogen-bond donors (Lipinski definition) is 1. The molecular weight excluding hydrogens is 258 g/mol. The second kappa shape index (κ2) is 5.47. The zero-order chi connectivity index (χ0) is 14.8. The van der Waals surface area contributed by atoms with Gasteiger partial charge in [-0.25, -0.2) is 0 Å². The van der Waals surface area contributed by atoms with Gasteiger partial charge in [0.25, 0.3) is 5.69 Å². The Bertz CT molecular complexity index is 563. The van der Waals surface area contributed by atoms with Gasteiger partial charge in [0.2, 0.25) is 0 Å². The molecule has 1 fully saturated rings. The maximum atomic E-state index is 10.8. The number of aryl methyl sites for hydroxylation is 1. The number of nitro benzene ring substituents is 1. The molecule has 1 unspecified atom stereocenters. The molecule has 0 bridgehead atoms. The Morgan fingerprint density at radius 1 is 1.60 bits per heavy atom. The lowest BCUT2D eigenvalue weighted by atomic mass is 9.96. The van der Waals surface area contributed by atoms with Crippen molar-refractivity contribution in [2.45, 2.75) is 25.3 Å². The van der Waals surface area contributed by atoms with Gasteiger partial charge < -0.3 is 4.74 Å². The van der Waals surface area contributed by atoms with Crippen LogP contribution in [0.15, 0.2) is 18.2 Å². The minimum atomic E-state index is -0.671. The molecular formula is C14H17N3O3. The number of nitrogens with one attached hydrogen (secondary N) is 1. The number of nitriles is 1. The number of benzene rings is 1. The molecule has 2 rings (SSSR count). The summed E-state index contributed by atoms with van der Waals surface area (Å²) in [7, 11) is 1.76. The molecule has 1 aliphatic rings. The van der Waals surface area contributed by atoms with Crippen LogP contribution in [0.5, 0.6) is 5.75 Å². The van der Waals surface area contributed by atoms with Gasteiger partial charge in [0, 0.05) is 11.6 Å². The molecule has 6 nitrogen and oxygen atoms in total. The third kappa shape index (κ3) is 2.73. The van der Waals surface area contributed by atoms with Gasteiger partial charge in [-0.2, -0.15) is 5.26 Å². The molecule has 1 atom stereocenters. The van der Waals surface area contributed by atoms with E-state index in [9.17, 15) is 15.4 Å². The van der Waals surface area contributed by atoms with Crippen molar-refractivity contribution in [3.8, 4) is 11.8 Å². The Labute approximate surface area is 117 Å². The summed E-state index contributed by atoms with van der Waals surface area (Å²) in [5.74, 6) is 0.861. The van der Waals surface area contributed by atoms with Crippen LogP contribution in [0.3, 0.4) is 0 Å². The molecule has 0 radical (unpaired) electrons. The molecule has 20 heavy (non-hydrogen) atoms. The molecule has 106 valence electrons. The van der Waals surface area contributed by atoms with Crippen molar-refractivity contribution >= 4 is 5.69 Å². The van der Waals surface area contributed by atoms with Crippen LogP contribution in [0.2, 0.25) is 0 Å². The average Bonchev–Trinajstić information content (AvgIpc) is 3.25. The summed E-state index contributed by atoms with van der Waals surface area (Å²) >= 11 is 0. The molecule has 0 heterocycles. The van der Waals surface area contributed by atoms with Crippen LogP contribution in [-0.2, 0) is 0 Å². The maximum absolute atomic E-state index is 10.8. The first-order valence-electron chi connectivity index (χ1n) is 6.50. The normalized spacial score (nSPS) is 17.1. The van der Waals surface area contributed by atoms with Crippen molar-refractivity contribution in [3.05, 3.63) is 33.9 Å². The van der Waals surface area contributed by atoms with E-state index in [2.05, 4.69) is 11.4 Å². The smallest absolute Gasteiger partial charge is 0.272 e. The highest BCUT2D eigenvalue weighted by atomic mass is 16.6. The Kier molecular flexibility index (Phi) is 3.91. The molecule has 0 aromatic heterocycles. The van der Waals surface area contributed by atoms with Crippen molar-refractivity contribution in [3.63, 3.8) is 0 Å². The number of nitrogens with zero attached hydrogens (tertiary/aromatic N) is 2. The van der Waals surface area contributed by atoms with Crippen molar-refractivity contribution in [1.82, 2.24) is 5.32 Å². The summed E-state index contributed by atoms with van der Waals surface area (Å²) in [4.78, 5) is 10.3. The standard InChI is InChI=1S/C14H17N3O3/c1-10-7-12(5-6-13(10)17(18)19)20-9-14(8-15,16-2)11-3-4-11/h5-7,11,16H,3-4,9H2,1-2H3. The molecule has 1 N–H and O–H groups in total. The third-order valence-electron chi connectivity index (χ3n) is 3.75. The van der Waals surface area contributed by atoms with Gasteiger partial charge in [-0.15, -0.1) is 0 Å². The zero-order valence-corrected chi connectivity index (χ0v) is 11.5. The van der Waals surface area contributed by atoms with Crippen LogP contribution in [0.25, 0.3) is 0 Å².